The minimum Gasteiger partial charge on any atom is -0.336 e. The van der Waals surface area contributed by atoms with Crippen LogP contribution < -0.4 is 4.90 Å². The van der Waals surface area contributed by atoms with Crippen molar-refractivity contribution in [2.45, 2.75) is 64.3 Å². The Morgan fingerprint density at radius 3 is 2.23 bits per heavy atom. The summed E-state index contributed by atoms with van der Waals surface area (Å²) in [5, 5.41) is 0. The Morgan fingerprint density at radius 2 is 1.48 bits per heavy atom. The number of aryl methyl sites for hydroxylation is 1. The summed E-state index contributed by atoms with van der Waals surface area (Å²) in [6.07, 6.45) is 8.55. The van der Waals surface area contributed by atoms with Crippen molar-refractivity contribution < 1.29 is 9.59 Å². The second-order valence-corrected chi connectivity index (χ2v) is 9.10. The van der Waals surface area contributed by atoms with Gasteiger partial charge in [-0.1, -0.05) is 80.1 Å². The molecule has 0 saturated heterocycles. The van der Waals surface area contributed by atoms with Gasteiger partial charge in [0.25, 0.3) is 11.8 Å². The molecule has 2 aliphatic heterocycles. The number of hydrogen-bond acceptors (Lipinski definition) is 3. The average molecular weight is 415 g/mol. The molecule has 0 unspecified atom stereocenters. The van der Waals surface area contributed by atoms with Crippen LogP contribution in [0.1, 0.15) is 61.6 Å². The average Bonchev–Trinajstić information content (AvgIpc) is 3.28. The molecule has 2 heterocycles. The molecule has 0 N–H and O–H groups in total. The van der Waals surface area contributed by atoms with Gasteiger partial charge in [-0.3, -0.25) is 14.5 Å². The Bertz CT molecular complexity index is 1030. The van der Waals surface area contributed by atoms with E-state index < -0.39 is 0 Å². The lowest BCUT2D eigenvalue weighted by Gasteiger charge is -2.29. The number of rotatable bonds is 3. The standard InChI is InChI=1S/C27H30N2O2/c1-19-13-15-21(16-14-19)24-25(28-18-17-20-9-7-8-12-23(20)28)27(31)29(26(24)30)22-10-5-3-2-4-6-11-22/h7-9,12-16,22H,2-6,10-11,17-18H2,1H3. The number of para-hydroxylation sites is 1. The summed E-state index contributed by atoms with van der Waals surface area (Å²) in [5.74, 6) is -0.221. The molecule has 160 valence electrons. The van der Waals surface area contributed by atoms with E-state index in [0.717, 1.165) is 55.5 Å². The number of anilines is 1. The van der Waals surface area contributed by atoms with Crippen molar-refractivity contribution in [3.05, 3.63) is 70.9 Å². The van der Waals surface area contributed by atoms with Crippen molar-refractivity contribution in [2.75, 3.05) is 11.4 Å². The van der Waals surface area contributed by atoms with E-state index in [4.69, 9.17) is 0 Å². The van der Waals surface area contributed by atoms with Crippen LogP contribution in [0.3, 0.4) is 0 Å². The normalized spacial score (nSPS) is 20.3. The maximum absolute atomic E-state index is 13.9. The van der Waals surface area contributed by atoms with Crippen molar-refractivity contribution in [2.24, 2.45) is 0 Å². The van der Waals surface area contributed by atoms with Gasteiger partial charge < -0.3 is 4.90 Å². The number of amides is 2. The molecule has 1 saturated carbocycles. The fourth-order valence-corrected chi connectivity index (χ4v) is 5.36. The summed E-state index contributed by atoms with van der Waals surface area (Å²) >= 11 is 0. The van der Waals surface area contributed by atoms with E-state index in [0.29, 0.717) is 11.3 Å². The molecule has 0 bridgehead atoms. The zero-order chi connectivity index (χ0) is 21.4. The van der Waals surface area contributed by atoms with Crippen LogP contribution >= 0.6 is 0 Å². The van der Waals surface area contributed by atoms with E-state index in [9.17, 15) is 9.59 Å². The zero-order valence-electron chi connectivity index (χ0n) is 18.3. The van der Waals surface area contributed by atoms with Crippen LogP contribution in [-0.2, 0) is 16.0 Å². The minimum atomic E-state index is -0.112. The van der Waals surface area contributed by atoms with Gasteiger partial charge in [-0.2, -0.15) is 0 Å². The van der Waals surface area contributed by atoms with Gasteiger partial charge in [-0.05, 0) is 43.4 Å². The smallest absolute Gasteiger partial charge is 0.278 e. The van der Waals surface area contributed by atoms with Gasteiger partial charge in [0.05, 0.1) is 5.57 Å². The Balaban J connectivity index is 1.59. The van der Waals surface area contributed by atoms with Gasteiger partial charge in [-0.15, -0.1) is 0 Å². The third-order valence-electron chi connectivity index (χ3n) is 7.03. The van der Waals surface area contributed by atoms with Crippen LogP contribution in [0.15, 0.2) is 54.2 Å². The summed E-state index contributed by atoms with van der Waals surface area (Å²) in [4.78, 5) is 31.4. The highest BCUT2D eigenvalue weighted by Gasteiger charge is 2.45. The number of fused-ring (bicyclic) bond motifs is 1. The minimum absolute atomic E-state index is 0.0103. The SMILES string of the molecule is Cc1ccc(C2=C(N3CCc4ccccc43)C(=O)N(C3CCCCCCC3)C2=O)cc1. The topological polar surface area (TPSA) is 40.6 Å². The third kappa shape index (κ3) is 3.58. The molecular weight excluding hydrogens is 384 g/mol. The molecule has 0 spiro atoms. The molecule has 31 heavy (non-hydrogen) atoms. The molecule has 0 aromatic heterocycles. The van der Waals surface area contributed by atoms with E-state index in [-0.39, 0.29) is 17.9 Å². The maximum atomic E-state index is 13.9. The molecule has 1 fully saturated rings. The summed E-state index contributed by atoms with van der Waals surface area (Å²) in [5.41, 5.74) is 5.43. The van der Waals surface area contributed by atoms with E-state index in [1.165, 1.54) is 24.8 Å². The Morgan fingerprint density at radius 1 is 0.806 bits per heavy atom. The van der Waals surface area contributed by atoms with Crippen molar-refractivity contribution >= 4 is 23.1 Å². The van der Waals surface area contributed by atoms with Crippen molar-refractivity contribution in [1.82, 2.24) is 4.90 Å². The highest BCUT2D eigenvalue weighted by molar-refractivity contribution is 6.37. The van der Waals surface area contributed by atoms with E-state index >= 15 is 0 Å². The number of carbonyl (C=O) groups excluding carboxylic acids is 2. The Kier molecular flexibility index (Phi) is 5.39. The van der Waals surface area contributed by atoms with Gasteiger partial charge >= 0.3 is 0 Å². The zero-order valence-corrected chi connectivity index (χ0v) is 18.3. The van der Waals surface area contributed by atoms with E-state index in [2.05, 4.69) is 17.0 Å². The monoisotopic (exact) mass is 414 g/mol. The first-order valence-corrected chi connectivity index (χ1v) is 11.7. The molecule has 2 amide bonds. The van der Waals surface area contributed by atoms with Gasteiger partial charge in [0.15, 0.2) is 0 Å². The predicted molar refractivity (Wildman–Crippen MR) is 124 cm³/mol. The number of benzene rings is 2. The van der Waals surface area contributed by atoms with E-state index in [1.54, 1.807) is 4.90 Å². The van der Waals surface area contributed by atoms with Crippen LogP contribution in [-0.4, -0.2) is 29.3 Å². The number of hydrogen-bond donors (Lipinski definition) is 0. The van der Waals surface area contributed by atoms with Crippen LogP contribution in [0.25, 0.3) is 5.57 Å². The summed E-state index contributed by atoms with van der Waals surface area (Å²) in [6.45, 7) is 2.78. The fraction of sp³-hybridized carbons (Fsp3) is 0.407. The van der Waals surface area contributed by atoms with Gasteiger partial charge in [0.1, 0.15) is 5.70 Å². The summed E-state index contributed by atoms with van der Waals surface area (Å²) < 4.78 is 0. The Hall–Kier alpha value is -2.88. The largest absolute Gasteiger partial charge is 0.336 e. The van der Waals surface area contributed by atoms with Crippen molar-refractivity contribution in [1.29, 1.82) is 0 Å². The first-order valence-electron chi connectivity index (χ1n) is 11.7. The lowest BCUT2D eigenvalue weighted by Crippen LogP contribution is -2.42. The highest BCUT2D eigenvalue weighted by atomic mass is 16.2. The molecule has 3 aliphatic rings. The number of nitrogens with zero attached hydrogens (tertiary/aromatic N) is 2. The molecule has 2 aromatic carbocycles. The van der Waals surface area contributed by atoms with Crippen LogP contribution in [0.2, 0.25) is 0 Å². The quantitative estimate of drug-likeness (QED) is 0.644. The molecular formula is C27H30N2O2. The summed E-state index contributed by atoms with van der Waals surface area (Å²) in [6, 6.07) is 16.3. The molecule has 0 atom stereocenters. The molecule has 0 radical (unpaired) electrons. The molecule has 4 heteroatoms. The lowest BCUT2D eigenvalue weighted by atomic mass is 9.95. The lowest BCUT2D eigenvalue weighted by molar-refractivity contribution is -0.140. The van der Waals surface area contributed by atoms with Gasteiger partial charge in [-0.25, -0.2) is 0 Å². The molecule has 2 aromatic rings. The van der Waals surface area contributed by atoms with E-state index in [1.807, 2.05) is 43.3 Å². The van der Waals surface area contributed by atoms with Crippen LogP contribution in [0.4, 0.5) is 5.69 Å². The number of carbonyl (C=O) groups is 2. The van der Waals surface area contributed by atoms with Crippen molar-refractivity contribution in [3.8, 4) is 0 Å². The highest BCUT2D eigenvalue weighted by Crippen LogP contribution is 2.40. The predicted octanol–water partition coefficient (Wildman–Crippen LogP) is 5.25. The Labute approximate surface area is 184 Å². The summed E-state index contributed by atoms with van der Waals surface area (Å²) in [7, 11) is 0. The molecule has 5 rings (SSSR count). The third-order valence-corrected chi connectivity index (χ3v) is 7.03. The van der Waals surface area contributed by atoms with Crippen LogP contribution in [0, 0.1) is 6.92 Å². The maximum Gasteiger partial charge on any atom is 0.278 e. The second-order valence-electron chi connectivity index (χ2n) is 9.10. The van der Waals surface area contributed by atoms with Gasteiger partial charge in [0, 0.05) is 18.3 Å². The van der Waals surface area contributed by atoms with Gasteiger partial charge in [0.2, 0.25) is 0 Å². The molecule has 4 nitrogen and oxygen atoms in total. The first kappa shape index (κ1) is 20.0. The van der Waals surface area contributed by atoms with Crippen molar-refractivity contribution in [3.63, 3.8) is 0 Å². The van der Waals surface area contributed by atoms with Crippen LogP contribution in [0.5, 0.6) is 0 Å². The fourth-order valence-electron chi connectivity index (χ4n) is 5.36. The second kappa shape index (κ2) is 8.33. The molecule has 1 aliphatic carbocycles. The number of imide groups is 1. The first-order chi connectivity index (χ1) is 15.1.